The van der Waals surface area contributed by atoms with E-state index in [0.29, 0.717) is 12.4 Å². The number of hydrogen-bond acceptors (Lipinski definition) is 2. The summed E-state index contributed by atoms with van der Waals surface area (Å²) >= 11 is 0. The summed E-state index contributed by atoms with van der Waals surface area (Å²) in [4.78, 5) is 0. The van der Waals surface area contributed by atoms with Gasteiger partial charge in [-0.2, -0.15) is 0 Å². The molecule has 0 aliphatic heterocycles. The first kappa shape index (κ1) is 13.5. The molecule has 0 atom stereocenters. The molecule has 0 saturated heterocycles. The Balaban J connectivity index is 3.57. The smallest absolute Gasteiger partial charge is 0.186 e. The normalized spacial score (nSPS) is 11.1. The van der Waals surface area contributed by atoms with Gasteiger partial charge in [-0.3, -0.25) is 0 Å². The van der Waals surface area contributed by atoms with E-state index in [1.54, 1.807) is 7.11 Å². The van der Waals surface area contributed by atoms with E-state index in [4.69, 9.17) is 9.16 Å². The summed E-state index contributed by atoms with van der Waals surface area (Å²) in [5, 5.41) is 0. The predicted octanol–water partition coefficient (Wildman–Crippen LogP) is 3.33. The molecule has 0 rings (SSSR count). The Kier molecular flexibility index (Phi) is 5.80. The molecule has 82 valence electrons. The first-order valence-electron chi connectivity index (χ1n) is 4.92. The molecule has 0 saturated carbocycles. The van der Waals surface area contributed by atoms with Crippen molar-refractivity contribution < 1.29 is 9.16 Å². The van der Waals surface area contributed by atoms with Crippen LogP contribution >= 0.6 is 0 Å². The van der Waals surface area contributed by atoms with E-state index >= 15 is 0 Å². The van der Waals surface area contributed by atoms with E-state index in [1.165, 1.54) is 0 Å². The second-order valence-corrected chi connectivity index (χ2v) is 8.55. The van der Waals surface area contributed by atoms with Gasteiger partial charge in [-0.1, -0.05) is 13.2 Å². The minimum absolute atomic E-state index is 0.696. The molecule has 14 heavy (non-hydrogen) atoms. The third kappa shape index (κ3) is 5.99. The lowest BCUT2D eigenvalue weighted by Gasteiger charge is -2.19. The molecule has 0 radical (unpaired) electrons. The summed E-state index contributed by atoms with van der Waals surface area (Å²) < 4.78 is 10.9. The van der Waals surface area contributed by atoms with Crippen molar-refractivity contribution in [2.24, 2.45) is 0 Å². The van der Waals surface area contributed by atoms with Gasteiger partial charge in [-0.05, 0) is 38.1 Å². The Morgan fingerprint density at radius 1 is 1.29 bits per heavy atom. The lowest BCUT2D eigenvalue weighted by atomic mass is 10.3. The maximum absolute atomic E-state index is 5.44. The average Bonchev–Trinajstić information content (AvgIpc) is 2.12. The topological polar surface area (TPSA) is 18.5 Å². The van der Waals surface area contributed by atoms with Gasteiger partial charge in [0, 0.05) is 7.11 Å². The second kappa shape index (κ2) is 6.04. The van der Waals surface area contributed by atoms with Crippen LogP contribution in [0.5, 0.6) is 0 Å². The predicted molar refractivity (Wildman–Crippen MR) is 63.8 cm³/mol. The average molecular weight is 214 g/mol. The van der Waals surface area contributed by atoms with Gasteiger partial charge >= 0.3 is 0 Å². The Labute approximate surface area is 88.7 Å². The Morgan fingerprint density at radius 2 is 1.86 bits per heavy atom. The first-order valence-corrected chi connectivity index (χ1v) is 8.03. The van der Waals surface area contributed by atoms with Crippen molar-refractivity contribution in [1.29, 1.82) is 0 Å². The zero-order chi connectivity index (χ0) is 11.2. The molecule has 0 N–H and O–H groups in total. The molecule has 0 unspecified atom stereocenters. The van der Waals surface area contributed by atoms with E-state index in [-0.39, 0.29) is 0 Å². The molecule has 0 heterocycles. The van der Waals surface area contributed by atoms with Gasteiger partial charge in [0.05, 0.1) is 6.61 Å². The SMILES string of the molecule is C=C(C)C(=C)OCCC[Si](C)(C)OC. The highest BCUT2D eigenvalue weighted by Crippen LogP contribution is 2.13. The molecular formula is C11H22O2Si. The molecule has 0 aromatic carbocycles. The molecule has 0 spiro atoms. The van der Waals surface area contributed by atoms with Gasteiger partial charge in [-0.25, -0.2) is 0 Å². The standard InChI is InChI=1S/C11H22O2Si/c1-10(2)11(3)13-8-7-9-14(5,6)12-4/h1,3,7-9H2,2,4-6H3. The molecule has 3 heteroatoms. The lowest BCUT2D eigenvalue weighted by Crippen LogP contribution is -2.28. The van der Waals surface area contributed by atoms with Crippen molar-refractivity contribution in [3.8, 4) is 0 Å². The van der Waals surface area contributed by atoms with Gasteiger partial charge in [0.15, 0.2) is 8.32 Å². The van der Waals surface area contributed by atoms with Gasteiger partial charge in [-0.15, -0.1) is 0 Å². The van der Waals surface area contributed by atoms with Gasteiger partial charge < -0.3 is 9.16 Å². The molecular weight excluding hydrogens is 192 g/mol. The van der Waals surface area contributed by atoms with Crippen LogP contribution < -0.4 is 0 Å². The van der Waals surface area contributed by atoms with Crippen LogP contribution in [-0.4, -0.2) is 22.0 Å². The Hall–Kier alpha value is -0.543. The van der Waals surface area contributed by atoms with Crippen LogP contribution in [-0.2, 0) is 9.16 Å². The molecule has 0 fully saturated rings. The summed E-state index contributed by atoms with van der Waals surface area (Å²) in [6, 6.07) is 1.12. The molecule has 2 nitrogen and oxygen atoms in total. The largest absolute Gasteiger partial charge is 0.494 e. The van der Waals surface area contributed by atoms with E-state index < -0.39 is 8.32 Å². The number of allylic oxidation sites excluding steroid dienone is 1. The van der Waals surface area contributed by atoms with Crippen LogP contribution in [0.4, 0.5) is 0 Å². The fourth-order valence-electron chi connectivity index (χ4n) is 0.919. The monoisotopic (exact) mass is 214 g/mol. The van der Waals surface area contributed by atoms with Crippen LogP contribution in [0.1, 0.15) is 13.3 Å². The summed E-state index contributed by atoms with van der Waals surface area (Å²) in [6.07, 6.45) is 1.03. The summed E-state index contributed by atoms with van der Waals surface area (Å²) in [6.45, 7) is 14.6. The van der Waals surface area contributed by atoms with Crippen molar-refractivity contribution in [1.82, 2.24) is 0 Å². The molecule has 0 aromatic rings. The lowest BCUT2D eigenvalue weighted by molar-refractivity contribution is 0.220. The van der Waals surface area contributed by atoms with Crippen molar-refractivity contribution in [3.05, 3.63) is 24.5 Å². The number of ether oxygens (including phenoxy) is 1. The van der Waals surface area contributed by atoms with Crippen LogP contribution in [0.15, 0.2) is 24.5 Å². The van der Waals surface area contributed by atoms with Crippen molar-refractivity contribution in [2.45, 2.75) is 32.5 Å². The zero-order valence-electron chi connectivity index (χ0n) is 9.85. The van der Waals surface area contributed by atoms with Crippen LogP contribution in [0, 0.1) is 0 Å². The Bertz CT molecular complexity index is 209. The molecule has 0 aromatic heterocycles. The molecule has 0 aliphatic rings. The van der Waals surface area contributed by atoms with E-state index in [0.717, 1.165) is 18.0 Å². The van der Waals surface area contributed by atoms with E-state index in [9.17, 15) is 0 Å². The van der Waals surface area contributed by atoms with Crippen LogP contribution in [0.2, 0.25) is 19.1 Å². The van der Waals surface area contributed by atoms with Crippen molar-refractivity contribution in [2.75, 3.05) is 13.7 Å². The van der Waals surface area contributed by atoms with Crippen LogP contribution in [0.3, 0.4) is 0 Å². The highest BCUT2D eigenvalue weighted by molar-refractivity contribution is 6.71. The molecule has 0 aliphatic carbocycles. The zero-order valence-corrected chi connectivity index (χ0v) is 10.9. The maximum Gasteiger partial charge on any atom is 0.186 e. The minimum atomic E-state index is -1.41. The van der Waals surface area contributed by atoms with Gasteiger partial charge in [0.25, 0.3) is 0 Å². The molecule has 0 bridgehead atoms. The van der Waals surface area contributed by atoms with Crippen LogP contribution in [0.25, 0.3) is 0 Å². The van der Waals surface area contributed by atoms with Gasteiger partial charge in [0.1, 0.15) is 5.76 Å². The summed E-state index contributed by atoms with van der Waals surface area (Å²) in [5.41, 5.74) is 0.897. The quantitative estimate of drug-likeness (QED) is 0.280. The fourth-order valence-corrected chi connectivity index (χ4v) is 2.12. The maximum atomic E-state index is 5.44. The molecule has 0 amide bonds. The highest BCUT2D eigenvalue weighted by atomic mass is 28.4. The van der Waals surface area contributed by atoms with Gasteiger partial charge in [0.2, 0.25) is 0 Å². The van der Waals surface area contributed by atoms with E-state index in [2.05, 4.69) is 26.3 Å². The second-order valence-electron chi connectivity index (χ2n) is 4.12. The van der Waals surface area contributed by atoms with Crippen molar-refractivity contribution >= 4 is 8.32 Å². The van der Waals surface area contributed by atoms with E-state index in [1.807, 2.05) is 6.92 Å². The fraction of sp³-hybridized carbons (Fsp3) is 0.636. The third-order valence-electron chi connectivity index (χ3n) is 2.23. The third-order valence-corrected chi connectivity index (χ3v) is 4.89. The Morgan fingerprint density at radius 3 is 2.29 bits per heavy atom. The first-order chi connectivity index (χ1) is 6.39. The minimum Gasteiger partial charge on any atom is -0.494 e. The summed E-state index contributed by atoms with van der Waals surface area (Å²) in [7, 11) is 0.383. The number of rotatable bonds is 7. The summed E-state index contributed by atoms with van der Waals surface area (Å²) in [5.74, 6) is 0.696. The van der Waals surface area contributed by atoms with Crippen molar-refractivity contribution in [3.63, 3.8) is 0 Å². The highest BCUT2D eigenvalue weighted by Gasteiger charge is 2.19. The number of hydrogen-bond donors (Lipinski definition) is 0.